The monoisotopic (exact) mass is 423 g/mol. The van der Waals surface area contributed by atoms with Crippen LogP contribution in [0.3, 0.4) is 0 Å². The van der Waals surface area contributed by atoms with Crippen molar-refractivity contribution in [1.82, 2.24) is 15.1 Å². The number of benzene rings is 2. The quantitative estimate of drug-likeness (QED) is 0.637. The SMILES string of the molecule is CS(=O)(=O)c1ccc(CNC(=O)c2nn(-c3ccccc3)c3c2CCCCC3)cc1. The number of amides is 1. The fourth-order valence-electron chi connectivity index (χ4n) is 3.86. The topological polar surface area (TPSA) is 81.1 Å². The zero-order valence-corrected chi connectivity index (χ0v) is 17.8. The van der Waals surface area contributed by atoms with Crippen molar-refractivity contribution in [2.45, 2.75) is 43.5 Å². The Morgan fingerprint density at radius 2 is 1.70 bits per heavy atom. The number of rotatable bonds is 5. The number of sulfone groups is 1. The van der Waals surface area contributed by atoms with Gasteiger partial charge in [0.25, 0.3) is 5.91 Å². The molecular formula is C23H25N3O3S. The number of para-hydroxylation sites is 1. The molecule has 0 radical (unpaired) electrons. The highest BCUT2D eigenvalue weighted by Crippen LogP contribution is 2.26. The molecule has 6 nitrogen and oxygen atoms in total. The molecule has 7 heteroatoms. The van der Waals surface area contributed by atoms with Crippen LogP contribution in [0.15, 0.2) is 59.5 Å². The molecule has 0 bridgehead atoms. The molecule has 2 aromatic carbocycles. The Labute approximate surface area is 176 Å². The predicted molar refractivity (Wildman–Crippen MR) is 116 cm³/mol. The third kappa shape index (κ3) is 4.31. The van der Waals surface area contributed by atoms with E-state index >= 15 is 0 Å². The van der Waals surface area contributed by atoms with E-state index in [0.29, 0.717) is 12.2 Å². The Hall–Kier alpha value is -2.93. The van der Waals surface area contributed by atoms with Crippen LogP contribution in [-0.2, 0) is 29.2 Å². The summed E-state index contributed by atoms with van der Waals surface area (Å²) in [6.07, 6.45) is 6.25. The van der Waals surface area contributed by atoms with Gasteiger partial charge in [0, 0.05) is 24.1 Å². The van der Waals surface area contributed by atoms with Crippen molar-refractivity contribution in [3.8, 4) is 5.69 Å². The molecule has 1 N–H and O–H groups in total. The van der Waals surface area contributed by atoms with Crippen molar-refractivity contribution in [1.29, 1.82) is 0 Å². The fraction of sp³-hybridized carbons (Fsp3) is 0.304. The van der Waals surface area contributed by atoms with Gasteiger partial charge >= 0.3 is 0 Å². The molecule has 30 heavy (non-hydrogen) atoms. The first-order chi connectivity index (χ1) is 14.4. The van der Waals surface area contributed by atoms with E-state index in [0.717, 1.165) is 54.6 Å². The van der Waals surface area contributed by atoms with E-state index in [1.54, 1.807) is 24.3 Å². The zero-order chi connectivity index (χ0) is 21.1. The van der Waals surface area contributed by atoms with Gasteiger partial charge in [-0.1, -0.05) is 36.8 Å². The molecule has 0 saturated carbocycles. The minimum atomic E-state index is -3.23. The Morgan fingerprint density at radius 1 is 1.00 bits per heavy atom. The van der Waals surface area contributed by atoms with E-state index in [9.17, 15) is 13.2 Å². The number of hydrogen-bond donors (Lipinski definition) is 1. The van der Waals surface area contributed by atoms with E-state index in [1.165, 1.54) is 6.26 Å². The number of aromatic nitrogens is 2. The van der Waals surface area contributed by atoms with E-state index in [4.69, 9.17) is 0 Å². The number of nitrogens with zero attached hydrogens (tertiary/aromatic N) is 2. The molecule has 0 atom stereocenters. The summed E-state index contributed by atoms with van der Waals surface area (Å²) < 4.78 is 25.1. The van der Waals surface area contributed by atoms with E-state index < -0.39 is 9.84 Å². The van der Waals surface area contributed by atoms with Gasteiger partial charge in [-0.2, -0.15) is 5.10 Å². The summed E-state index contributed by atoms with van der Waals surface area (Å²) in [6.45, 7) is 0.315. The first-order valence-electron chi connectivity index (χ1n) is 10.2. The van der Waals surface area contributed by atoms with Crippen LogP contribution in [0, 0.1) is 0 Å². The summed E-state index contributed by atoms with van der Waals surface area (Å²) in [6, 6.07) is 16.5. The maximum Gasteiger partial charge on any atom is 0.272 e. The van der Waals surface area contributed by atoms with Crippen LogP contribution in [0.1, 0.15) is 46.6 Å². The number of nitrogens with one attached hydrogen (secondary N) is 1. The van der Waals surface area contributed by atoms with E-state index in [2.05, 4.69) is 10.4 Å². The van der Waals surface area contributed by atoms with Crippen molar-refractivity contribution >= 4 is 15.7 Å². The van der Waals surface area contributed by atoms with Crippen LogP contribution in [-0.4, -0.2) is 30.4 Å². The number of fused-ring (bicyclic) bond motifs is 1. The lowest BCUT2D eigenvalue weighted by Gasteiger charge is -2.06. The summed E-state index contributed by atoms with van der Waals surface area (Å²) in [5, 5.41) is 7.63. The summed E-state index contributed by atoms with van der Waals surface area (Å²) in [5.41, 5.74) is 4.46. The lowest BCUT2D eigenvalue weighted by molar-refractivity contribution is 0.0944. The van der Waals surface area contributed by atoms with Gasteiger partial charge in [-0.25, -0.2) is 13.1 Å². The van der Waals surface area contributed by atoms with Crippen molar-refractivity contribution in [2.75, 3.05) is 6.26 Å². The van der Waals surface area contributed by atoms with Crippen LogP contribution in [0.25, 0.3) is 5.69 Å². The van der Waals surface area contributed by atoms with Crippen molar-refractivity contribution in [3.63, 3.8) is 0 Å². The predicted octanol–water partition coefficient (Wildman–Crippen LogP) is 3.47. The zero-order valence-electron chi connectivity index (χ0n) is 17.0. The Bertz CT molecular complexity index is 1150. The van der Waals surface area contributed by atoms with Crippen LogP contribution < -0.4 is 5.32 Å². The average Bonchev–Trinajstić information content (AvgIpc) is 2.93. The van der Waals surface area contributed by atoms with Gasteiger partial charge in [0.15, 0.2) is 15.5 Å². The second-order valence-corrected chi connectivity index (χ2v) is 9.70. The second kappa shape index (κ2) is 8.44. The smallest absolute Gasteiger partial charge is 0.272 e. The molecule has 0 aliphatic heterocycles. The molecule has 156 valence electrons. The van der Waals surface area contributed by atoms with Crippen LogP contribution in [0.5, 0.6) is 0 Å². The van der Waals surface area contributed by atoms with Crippen LogP contribution >= 0.6 is 0 Å². The van der Waals surface area contributed by atoms with Crippen molar-refractivity contribution < 1.29 is 13.2 Å². The van der Waals surface area contributed by atoms with Gasteiger partial charge in [0.2, 0.25) is 0 Å². The Kier molecular flexibility index (Phi) is 5.72. The molecule has 3 aromatic rings. The average molecular weight is 424 g/mol. The number of carbonyl (C=O) groups excluding carboxylic acids is 1. The molecule has 1 amide bonds. The molecule has 0 unspecified atom stereocenters. The third-order valence-electron chi connectivity index (χ3n) is 5.45. The molecule has 4 rings (SSSR count). The minimum Gasteiger partial charge on any atom is -0.347 e. The summed E-state index contributed by atoms with van der Waals surface area (Å²) in [5.74, 6) is -0.199. The minimum absolute atomic E-state index is 0.199. The van der Waals surface area contributed by atoms with Gasteiger partial charge in [-0.05, 0) is 55.5 Å². The molecule has 0 fully saturated rings. The van der Waals surface area contributed by atoms with Crippen LogP contribution in [0.4, 0.5) is 0 Å². The highest BCUT2D eigenvalue weighted by molar-refractivity contribution is 7.90. The van der Waals surface area contributed by atoms with E-state index in [1.807, 2.05) is 35.0 Å². The molecular weight excluding hydrogens is 398 g/mol. The van der Waals surface area contributed by atoms with Crippen molar-refractivity contribution in [2.24, 2.45) is 0 Å². The molecule has 1 aliphatic rings. The maximum atomic E-state index is 13.0. The standard InChI is InChI=1S/C23H25N3O3S/c1-30(28,29)19-14-12-17(13-15-19)16-24-23(27)22-20-10-6-3-7-11-21(20)26(25-22)18-8-4-2-5-9-18/h2,4-5,8-9,12-15H,3,6-7,10-11,16H2,1H3,(H,24,27). The molecule has 1 aromatic heterocycles. The fourth-order valence-corrected chi connectivity index (χ4v) is 4.49. The summed E-state index contributed by atoms with van der Waals surface area (Å²) >= 11 is 0. The van der Waals surface area contributed by atoms with Crippen LogP contribution in [0.2, 0.25) is 0 Å². The van der Waals surface area contributed by atoms with Gasteiger partial charge in [0.1, 0.15) is 0 Å². The Balaban J connectivity index is 1.57. The largest absolute Gasteiger partial charge is 0.347 e. The summed E-state index contributed by atoms with van der Waals surface area (Å²) in [7, 11) is -3.23. The van der Waals surface area contributed by atoms with Crippen molar-refractivity contribution in [3.05, 3.63) is 77.1 Å². The summed E-state index contributed by atoms with van der Waals surface area (Å²) in [4.78, 5) is 13.3. The molecule has 0 spiro atoms. The highest BCUT2D eigenvalue weighted by atomic mass is 32.2. The first kappa shape index (κ1) is 20.3. The molecule has 1 aliphatic carbocycles. The Morgan fingerprint density at radius 3 is 2.40 bits per heavy atom. The number of carbonyl (C=O) groups is 1. The normalized spacial score (nSPS) is 14.0. The molecule has 1 heterocycles. The number of hydrogen-bond acceptors (Lipinski definition) is 4. The lowest BCUT2D eigenvalue weighted by Crippen LogP contribution is -2.24. The maximum absolute atomic E-state index is 13.0. The lowest BCUT2D eigenvalue weighted by atomic mass is 10.1. The molecule has 0 saturated heterocycles. The van der Waals surface area contributed by atoms with Gasteiger partial charge in [0.05, 0.1) is 10.6 Å². The highest BCUT2D eigenvalue weighted by Gasteiger charge is 2.24. The van der Waals surface area contributed by atoms with Gasteiger partial charge in [-0.15, -0.1) is 0 Å². The first-order valence-corrected chi connectivity index (χ1v) is 12.1. The van der Waals surface area contributed by atoms with E-state index in [-0.39, 0.29) is 10.8 Å². The second-order valence-electron chi connectivity index (χ2n) is 7.68. The third-order valence-corrected chi connectivity index (χ3v) is 6.58. The van der Waals surface area contributed by atoms with Gasteiger partial charge < -0.3 is 5.32 Å². The van der Waals surface area contributed by atoms with Gasteiger partial charge in [-0.3, -0.25) is 4.79 Å².